The van der Waals surface area contributed by atoms with Gasteiger partial charge in [0.15, 0.2) is 11.5 Å². The van der Waals surface area contributed by atoms with Gasteiger partial charge in [0.1, 0.15) is 16.9 Å². The zero-order valence-electron chi connectivity index (χ0n) is 12.9. The number of carbonyl (C=O) groups excluding carboxylic acids is 1. The van der Waals surface area contributed by atoms with E-state index in [1.54, 1.807) is 22.7 Å². The van der Waals surface area contributed by atoms with Gasteiger partial charge < -0.3 is 19.5 Å². The first kappa shape index (κ1) is 15.8. The Morgan fingerprint density at radius 1 is 1.26 bits per heavy atom. The largest absolute Gasteiger partial charge is 0.504 e. The first-order valence-corrected chi connectivity index (χ1v) is 8.64. The van der Waals surface area contributed by atoms with Gasteiger partial charge >= 0.3 is 0 Å². The molecule has 1 aromatic heterocycles. The number of carbonyl (C=O) groups is 1. The third-order valence-corrected chi connectivity index (χ3v) is 5.10. The fourth-order valence-corrected chi connectivity index (χ4v) is 3.79. The number of aryl methyl sites for hydroxylation is 1. The van der Waals surface area contributed by atoms with Crippen molar-refractivity contribution in [2.24, 2.45) is 0 Å². The number of thioether (sulfide) groups is 1. The average Bonchev–Trinajstić information content (AvgIpc) is 3.02. The third-order valence-electron chi connectivity index (χ3n) is 3.86. The molecule has 0 saturated carbocycles. The summed E-state index contributed by atoms with van der Waals surface area (Å²) in [7, 11) is 0. The van der Waals surface area contributed by atoms with E-state index in [-0.39, 0.29) is 22.8 Å². The quantitative estimate of drug-likeness (QED) is 0.839. The highest BCUT2D eigenvalue weighted by molar-refractivity contribution is 7.99. The number of hydrogen-bond acceptors (Lipinski definition) is 5. The number of aromatic hydroxyl groups is 2. The molecule has 0 bridgehead atoms. The highest BCUT2D eigenvalue weighted by atomic mass is 32.2. The molecular weight excluding hydrogens is 314 g/mol. The van der Waals surface area contributed by atoms with Crippen molar-refractivity contribution in [2.75, 3.05) is 5.75 Å². The Morgan fingerprint density at radius 3 is 2.78 bits per heavy atom. The molecule has 6 heteroatoms. The van der Waals surface area contributed by atoms with Crippen molar-refractivity contribution in [2.45, 2.75) is 31.7 Å². The summed E-state index contributed by atoms with van der Waals surface area (Å²) in [4.78, 5) is 14.1. The first-order valence-electron chi connectivity index (χ1n) is 7.59. The predicted octanol–water partition coefficient (Wildman–Crippen LogP) is 3.42. The van der Waals surface area contributed by atoms with Gasteiger partial charge in [-0.1, -0.05) is 13.0 Å². The summed E-state index contributed by atoms with van der Waals surface area (Å²) < 4.78 is 5.83. The molecule has 1 saturated heterocycles. The smallest absolute Gasteiger partial charge is 0.224 e. The van der Waals surface area contributed by atoms with Gasteiger partial charge in [0, 0.05) is 25.1 Å². The molecule has 122 valence electrons. The summed E-state index contributed by atoms with van der Waals surface area (Å²) in [5, 5.41) is 18.9. The second kappa shape index (κ2) is 6.58. The SMILES string of the molecule is CCc1ccc(C2SCCC(=O)N2Cc2ccc(O)c(O)c2)o1. The van der Waals surface area contributed by atoms with Gasteiger partial charge in [-0.2, -0.15) is 0 Å². The molecule has 1 aliphatic rings. The van der Waals surface area contributed by atoms with Crippen LogP contribution in [0.5, 0.6) is 11.5 Å². The second-order valence-corrected chi connectivity index (χ2v) is 6.66. The van der Waals surface area contributed by atoms with Crippen molar-refractivity contribution in [3.63, 3.8) is 0 Å². The Kier molecular flexibility index (Phi) is 4.52. The lowest BCUT2D eigenvalue weighted by atomic mass is 10.1. The molecule has 1 atom stereocenters. The summed E-state index contributed by atoms with van der Waals surface area (Å²) in [5.41, 5.74) is 0.767. The lowest BCUT2D eigenvalue weighted by molar-refractivity contribution is -0.133. The molecule has 2 aromatic rings. The van der Waals surface area contributed by atoms with Crippen LogP contribution in [-0.2, 0) is 17.8 Å². The predicted molar refractivity (Wildman–Crippen MR) is 88.2 cm³/mol. The van der Waals surface area contributed by atoms with Crippen LogP contribution in [0.4, 0.5) is 0 Å². The van der Waals surface area contributed by atoms with E-state index in [4.69, 9.17) is 4.42 Å². The van der Waals surface area contributed by atoms with Crippen molar-refractivity contribution >= 4 is 17.7 Å². The van der Waals surface area contributed by atoms with Crippen LogP contribution in [0.25, 0.3) is 0 Å². The van der Waals surface area contributed by atoms with Gasteiger partial charge in [0.05, 0.1) is 0 Å². The summed E-state index contributed by atoms with van der Waals surface area (Å²) >= 11 is 1.68. The first-order chi connectivity index (χ1) is 11.1. The van der Waals surface area contributed by atoms with Crippen LogP contribution in [0.3, 0.4) is 0 Å². The molecular formula is C17H19NO4S. The number of rotatable bonds is 4. The summed E-state index contributed by atoms with van der Waals surface area (Å²) in [6.45, 7) is 2.39. The Bertz CT molecular complexity index is 712. The highest BCUT2D eigenvalue weighted by Crippen LogP contribution is 2.39. The van der Waals surface area contributed by atoms with E-state index < -0.39 is 0 Å². The van der Waals surface area contributed by atoms with Crippen molar-refractivity contribution in [3.8, 4) is 11.5 Å². The average molecular weight is 333 g/mol. The van der Waals surface area contributed by atoms with E-state index in [0.717, 1.165) is 29.3 Å². The van der Waals surface area contributed by atoms with Crippen molar-refractivity contribution in [1.82, 2.24) is 4.90 Å². The number of phenolic OH excluding ortho intramolecular Hbond substituents is 2. The minimum absolute atomic E-state index is 0.0655. The third kappa shape index (κ3) is 3.32. The van der Waals surface area contributed by atoms with E-state index in [9.17, 15) is 15.0 Å². The highest BCUT2D eigenvalue weighted by Gasteiger charge is 2.32. The molecule has 0 aliphatic carbocycles. The number of benzene rings is 1. The number of phenols is 2. The number of amides is 1. The lowest BCUT2D eigenvalue weighted by Crippen LogP contribution is -2.36. The summed E-state index contributed by atoms with van der Waals surface area (Å²) in [6.07, 6.45) is 1.31. The molecule has 1 unspecified atom stereocenters. The van der Waals surface area contributed by atoms with Gasteiger partial charge in [0.25, 0.3) is 0 Å². The van der Waals surface area contributed by atoms with Crippen molar-refractivity contribution in [3.05, 3.63) is 47.4 Å². The fourth-order valence-electron chi connectivity index (χ4n) is 2.61. The van der Waals surface area contributed by atoms with E-state index >= 15 is 0 Å². The Balaban J connectivity index is 1.85. The zero-order chi connectivity index (χ0) is 16.4. The summed E-state index contributed by atoms with van der Waals surface area (Å²) in [6, 6.07) is 8.50. The maximum Gasteiger partial charge on any atom is 0.224 e. The van der Waals surface area contributed by atoms with Crippen LogP contribution in [0.1, 0.15) is 35.8 Å². The van der Waals surface area contributed by atoms with Crippen molar-refractivity contribution in [1.29, 1.82) is 0 Å². The minimum Gasteiger partial charge on any atom is -0.504 e. The summed E-state index contributed by atoms with van der Waals surface area (Å²) in [5.74, 6) is 2.17. The number of furan rings is 1. The van der Waals surface area contributed by atoms with Crippen LogP contribution < -0.4 is 0 Å². The second-order valence-electron chi connectivity index (χ2n) is 5.48. The minimum atomic E-state index is -0.178. The fraction of sp³-hybridized carbons (Fsp3) is 0.353. The monoisotopic (exact) mass is 333 g/mol. The molecule has 0 spiro atoms. The molecule has 5 nitrogen and oxygen atoms in total. The van der Waals surface area contributed by atoms with Gasteiger partial charge in [-0.15, -0.1) is 11.8 Å². The number of hydrogen-bond donors (Lipinski definition) is 2. The molecule has 1 aromatic carbocycles. The van der Waals surface area contributed by atoms with E-state index in [0.29, 0.717) is 13.0 Å². The van der Waals surface area contributed by atoms with E-state index in [2.05, 4.69) is 0 Å². The Morgan fingerprint density at radius 2 is 2.09 bits per heavy atom. The molecule has 1 aliphatic heterocycles. The maximum atomic E-state index is 12.4. The Hall–Kier alpha value is -2.08. The molecule has 2 N–H and O–H groups in total. The molecule has 3 rings (SSSR count). The topological polar surface area (TPSA) is 73.9 Å². The van der Waals surface area contributed by atoms with Gasteiger partial charge in [-0.05, 0) is 29.8 Å². The van der Waals surface area contributed by atoms with Gasteiger partial charge in [-0.25, -0.2) is 0 Å². The molecule has 23 heavy (non-hydrogen) atoms. The van der Waals surface area contributed by atoms with Crippen LogP contribution in [0.2, 0.25) is 0 Å². The van der Waals surface area contributed by atoms with Gasteiger partial charge in [-0.3, -0.25) is 4.79 Å². The Labute approximate surface area is 138 Å². The normalized spacial score (nSPS) is 18.4. The molecule has 1 amide bonds. The number of nitrogens with zero attached hydrogens (tertiary/aromatic N) is 1. The lowest BCUT2D eigenvalue weighted by Gasteiger charge is -2.34. The van der Waals surface area contributed by atoms with Crippen molar-refractivity contribution < 1.29 is 19.4 Å². The standard InChI is InChI=1S/C17H19NO4S/c1-2-12-4-6-15(22-12)17-18(16(21)7-8-23-17)10-11-3-5-13(19)14(20)9-11/h3-6,9,17,19-20H,2,7-8,10H2,1H3. The van der Waals surface area contributed by atoms with E-state index in [1.807, 2.05) is 19.1 Å². The van der Waals surface area contributed by atoms with E-state index in [1.165, 1.54) is 12.1 Å². The molecule has 2 heterocycles. The molecule has 0 radical (unpaired) electrons. The van der Waals surface area contributed by atoms with Crippen LogP contribution in [0, 0.1) is 0 Å². The molecule has 1 fully saturated rings. The van der Waals surface area contributed by atoms with Gasteiger partial charge in [0.2, 0.25) is 5.91 Å². The van der Waals surface area contributed by atoms with Crippen LogP contribution >= 0.6 is 11.8 Å². The maximum absolute atomic E-state index is 12.4. The van der Waals surface area contributed by atoms with Crippen LogP contribution in [0.15, 0.2) is 34.7 Å². The van der Waals surface area contributed by atoms with Crippen LogP contribution in [-0.4, -0.2) is 26.8 Å². The zero-order valence-corrected chi connectivity index (χ0v) is 13.7.